The first kappa shape index (κ1) is 9.55. The number of nitrogens with zero attached hydrogens (tertiary/aromatic N) is 2. The molecule has 0 aromatic carbocycles. The Labute approximate surface area is 83.0 Å². The molecule has 0 aliphatic carbocycles. The minimum Gasteiger partial charge on any atom is -0.386 e. The number of aryl methyl sites for hydroxylation is 1. The molecule has 4 heteroatoms. The van der Waals surface area contributed by atoms with Crippen LogP contribution in [0.4, 0.5) is 0 Å². The van der Waals surface area contributed by atoms with Gasteiger partial charge in [0.05, 0.1) is 12.3 Å². The number of aliphatic hydroxyl groups excluding tert-OH is 1. The van der Waals surface area contributed by atoms with Crippen molar-refractivity contribution < 1.29 is 9.84 Å². The van der Waals surface area contributed by atoms with E-state index in [1.165, 1.54) is 0 Å². The number of aromatic nitrogens is 2. The van der Waals surface area contributed by atoms with Gasteiger partial charge in [-0.05, 0) is 19.4 Å². The van der Waals surface area contributed by atoms with E-state index in [1.807, 2.05) is 6.92 Å². The SMILES string of the molecule is Cc1nccc(C(O)C2CCOC2)n1. The summed E-state index contributed by atoms with van der Waals surface area (Å²) >= 11 is 0. The Balaban J connectivity index is 2.13. The fraction of sp³-hybridized carbons (Fsp3) is 0.600. The fourth-order valence-electron chi connectivity index (χ4n) is 1.68. The molecule has 2 heterocycles. The van der Waals surface area contributed by atoms with Crippen LogP contribution in [-0.2, 0) is 4.74 Å². The van der Waals surface area contributed by atoms with Crippen molar-refractivity contribution in [1.29, 1.82) is 0 Å². The zero-order valence-electron chi connectivity index (χ0n) is 8.18. The van der Waals surface area contributed by atoms with Gasteiger partial charge in [0.1, 0.15) is 11.9 Å². The van der Waals surface area contributed by atoms with E-state index in [0.29, 0.717) is 18.1 Å². The maximum atomic E-state index is 9.97. The van der Waals surface area contributed by atoms with Crippen LogP contribution in [0.25, 0.3) is 0 Å². The lowest BCUT2D eigenvalue weighted by molar-refractivity contribution is 0.0883. The van der Waals surface area contributed by atoms with Crippen molar-refractivity contribution in [2.75, 3.05) is 13.2 Å². The predicted octanol–water partition coefficient (Wildman–Crippen LogP) is 0.855. The van der Waals surface area contributed by atoms with Gasteiger partial charge in [0.2, 0.25) is 0 Å². The zero-order valence-corrected chi connectivity index (χ0v) is 8.18. The topological polar surface area (TPSA) is 55.2 Å². The Morgan fingerprint density at radius 2 is 2.50 bits per heavy atom. The highest BCUT2D eigenvalue weighted by Crippen LogP contribution is 2.26. The van der Waals surface area contributed by atoms with Gasteiger partial charge >= 0.3 is 0 Å². The molecule has 1 aromatic heterocycles. The Morgan fingerprint density at radius 3 is 3.14 bits per heavy atom. The Morgan fingerprint density at radius 1 is 1.64 bits per heavy atom. The monoisotopic (exact) mass is 194 g/mol. The fourth-order valence-corrected chi connectivity index (χ4v) is 1.68. The highest BCUT2D eigenvalue weighted by atomic mass is 16.5. The van der Waals surface area contributed by atoms with Gasteiger partial charge in [-0.15, -0.1) is 0 Å². The van der Waals surface area contributed by atoms with Crippen molar-refractivity contribution in [2.45, 2.75) is 19.4 Å². The van der Waals surface area contributed by atoms with Crippen LogP contribution in [0.1, 0.15) is 24.0 Å². The Bertz CT molecular complexity index is 311. The molecular formula is C10H14N2O2. The molecule has 1 N–H and O–H groups in total. The summed E-state index contributed by atoms with van der Waals surface area (Å²) in [5, 5.41) is 9.97. The summed E-state index contributed by atoms with van der Waals surface area (Å²) in [5.74, 6) is 0.879. The van der Waals surface area contributed by atoms with E-state index in [9.17, 15) is 5.11 Å². The van der Waals surface area contributed by atoms with Crippen molar-refractivity contribution in [1.82, 2.24) is 9.97 Å². The number of hydrogen-bond acceptors (Lipinski definition) is 4. The summed E-state index contributed by atoms with van der Waals surface area (Å²) in [5.41, 5.74) is 0.702. The first-order valence-electron chi connectivity index (χ1n) is 4.83. The maximum Gasteiger partial charge on any atom is 0.125 e. The number of rotatable bonds is 2. The molecule has 2 unspecified atom stereocenters. The molecule has 2 rings (SSSR count). The van der Waals surface area contributed by atoms with E-state index in [-0.39, 0.29) is 5.92 Å². The second-order valence-electron chi connectivity index (χ2n) is 3.60. The van der Waals surface area contributed by atoms with Crippen LogP contribution in [-0.4, -0.2) is 28.3 Å². The van der Waals surface area contributed by atoms with Gasteiger partial charge in [-0.3, -0.25) is 0 Å². The summed E-state index contributed by atoms with van der Waals surface area (Å²) in [4.78, 5) is 8.20. The van der Waals surface area contributed by atoms with Crippen molar-refractivity contribution in [3.8, 4) is 0 Å². The molecule has 0 amide bonds. The van der Waals surface area contributed by atoms with Crippen LogP contribution in [0.3, 0.4) is 0 Å². The second kappa shape index (κ2) is 4.02. The molecule has 0 saturated carbocycles. The summed E-state index contributed by atoms with van der Waals surface area (Å²) in [6, 6.07) is 1.76. The predicted molar refractivity (Wildman–Crippen MR) is 50.7 cm³/mol. The Kier molecular flexibility index (Phi) is 2.74. The Hall–Kier alpha value is -1.00. The molecule has 1 aliphatic heterocycles. The molecule has 1 fully saturated rings. The molecular weight excluding hydrogens is 180 g/mol. The third-order valence-electron chi connectivity index (χ3n) is 2.51. The van der Waals surface area contributed by atoms with Gasteiger partial charge in [-0.2, -0.15) is 0 Å². The molecule has 0 radical (unpaired) electrons. The first-order valence-corrected chi connectivity index (χ1v) is 4.83. The standard InChI is InChI=1S/C10H14N2O2/c1-7-11-4-2-9(12-7)10(13)8-3-5-14-6-8/h2,4,8,10,13H,3,5-6H2,1H3. The molecule has 1 aromatic rings. The molecule has 0 bridgehead atoms. The van der Waals surface area contributed by atoms with E-state index in [1.54, 1.807) is 12.3 Å². The molecule has 76 valence electrons. The van der Waals surface area contributed by atoms with Crippen molar-refractivity contribution in [2.24, 2.45) is 5.92 Å². The summed E-state index contributed by atoms with van der Waals surface area (Å²) in [6.45, 7) is 3.19. The molecule has 0 spiro atoms. The largest absolute Gasteiger partial charge is 0.386 e. The number of hydrogen-bond donors (Lipinski definition) is 1. The van der Waals surface area contributed by atoms with Gasteiger partial charge in [0, 0.05) is 18.7 Å². The lowest BCUT2D eigenvalue weighted by Crippen LogP contribution is -2.14. The highest BCUT2D eigenvalue weighted by molar-refractivity contribution is 5.06. The normalized spacial score (nSPS) is 23.7. The van der Waals surface area contributed by atoms with Gasteiger partial charge in [-0.25, -0.2) is 9.97 Å². The van der Waals surface area contributed by atoms with Crippen molar-refractivity contribution in [3.05, 3.63) is 23.8 Å². The van der Waals surface area contributed by atoms with Crippen LogP contribution in [0.15, 0.2) is 12.3 Å². The van der Waals surface area contributed by atoms with Crippen LogP contribution >= 0.6 is 0 Å². The van der Waals surface area contributed by atoms with Crippen LogP contribution in [0.5, 0.6) is 0 Å². The number of aliphatic hydroxyl groups is 1. The smallest absolute Gasteiger partial charge is 0.125 e. The average Bonchev–Trinajstić information content (AvgIpc) is 2.69. The summed E-state index contributed by atoms with van der Waals surface area (Å²) < 4.78 is 5.23. The molecule has 4 nitrogen and oxygen atoms in total. The third-order valence-corrected chi connectivity index (χ3v) is 2.51. The minimum atomic E-state index is -0.515. The first-order chi connectivity index (χ1) is 6.77. The van der Waals surface area contributed by atoms with E-state index < -0.39 is 6.10 Å². The zero-order chi connectivity index (χ0) is 9.97. The lowest BCUT2D eigenvalue weighted by atomic mass is 9.99. The van der Waals surface area contributed by atoms with E-state index in [0.717, 1.165) is 13.0 Å². The lowest BCUT2D eigenvalue weighted by Gasteiger charge is -2.15. The van der Waals surface area contributed by atoms with Crippen LogP contribution < -0.4 is 0 Å². The maximum absolute atomic E-state index is 9.97. The van der Waals surface area contributed by atoms with Gasteiger partial charge in [0.15, 0.2) is 0 Å². The second-order valence-corrected chi connectivity index (χ2v) is 3.60. The van der Waals surface area contributed by atoms with Gasteiger partial charge < -0.3 is 9.84 Å². The molecule has 2 atom stereocenters. The van der Waals surface area contributed by atoms with Crippen molar-refractivity contribution in [3.63, 3.8) is 0 Å². The van der Waals surface area contributed by atoms with Crippen molar-refractivity contribution >= 4 is 0 Å². The van der Waals surface area contributed by atoms with Gasteiger partial charge in [0.25, 0.3) is 0 Å². The van der Waals surface area contributed by atoms with E-state index in [4.69, 9.17) is 4.74 Å². The molecule has 14 heavy (non-hydrogen) atoms. The third kappa shape index (κ3) is 1.91. The van der Waals surface area contributed by atoms with Crippen LogP contribution in [0, 0.1) is 12.8 Å². The van der Waals surface area contributed by atoms with Gasteiger partial charge in [-0.1, -0.05) is 0 Å². The highest BCUT2D eigenvalue weighted by Gasteiger charge is 2.26. The van der Waals surface area contributed by atoms with Crippen LogP contribution in [0.2, 0.25) is 0 Å². The quantitative estimate of drug-likeness (QED) is 0.758. The van der Waals surface area contributed by atoms with E-state index >= 15 is 0 Å². The minimum absolute atomic E-state index is 0.185. The summed E-state index contributed by atoms with van der Waals surface area (Å²) in [6.07, 6.45) is 2.07. The summed E-state index contributed by atoms with van der Waals surface area (Å²) in [7, 11) is 0. The molecule has 1 saturated heterocycles. The average molecular weight is 194 g/mol. The molecule has 1 aliphatic rings. The number of ether oxygens (including phenoxy) is 1. The van der Waals surface area contributed by atoms with E-state index in [2.05, 4.69) is 9.97 Å².